The van der Waals surface area contributed by atoms with Gasteiger partial charge in [0.2, 0.25) is 0 Å². The lowest BCUT2D eigenvalue weighted by molar-refractivity contribution is 0.212. The highest BCUT2D eigenvalue weighted by molar-refractivity contribution is 6.32. The van der Waals surface area contributed by atoms with Crippen molar-refractivity contribution in [3.8, 4) is 5.75 Å². The number of rotatable bonds is 7. The fourth-order valence-electron chi connectivity index (χ4n) is 3.25. The van der Waals surface area contributed by atoms with Crippen LogP contribution in [-0.4, -0.2) is 41.1 Å². The molecule has 1 saturated heterocycles. The molecule has 3 rings (SSSR count). The second kappa shape index (κ2) is 8.52. The molecule has 1 fully saturated rings. The van der Waals surface area contributed by atoms with E-state index in [4.69, 9.17) is 11.6 Å². The maximum absolute atomic E-state index is 9.61. The number of phenolic OH excluding ortho intramolecular Hbond substituents is 1. The molecule has 2 aromatic rings. The van der Waals surface area contributed by atoms with Gasteiger partial charge in [-0.1, -0.05) is 48.0 Å². The Bertz CT molecular complexity index is 641. The second-order valence-electron chi connectivity index (χ2n) is 6.53. The van der Waals surface area contributed by atoms with Crippen molar-refractivity contribution in [2.24, 2.45) is 0 Å². The maximum Gasteiger partial charge on any atom is 0.134 e. The molecule has 0 aromatic heterocycles. The van der Waals surface area contributed by atoms with Crippen LogP contribution in [0.2, 0.25) is 5.02 Å². The van der Waals surface area contributed by atoms with Gasteiger partial charge in [0, 0.05) is 26.2 Å². The van der Waals surface area contributed by atoms with Gasteiger partial charge in [0.1, 0.15) is 5.75 Å². The number of likely N-dealkylation sites (tertiary alicyclic amines) is 1. The highest BCUT2D eigenvalue weighted by atomic mass is 35.5. The van der Waals surface area contributed by atoms with Gasteiger partial charge in [-0.25, -0.2) is 0 Å². The molecule has 1 heterocycles. The summed E-state index contributed by atoms with van der Waals surface area (Å²) in [4.78, 5) is 5.00. The summed E-state index contributed by atoms with van der Waals surface area (Å²) in [5.41, 5.74) is 2.46. The molecule has 128 valence electrons. The van der Waals surface area contributed by atoms with Gasteiger partial charge >= 0.3 is 0 Å². The SMILES string of the molecule is Oc1ccc(CN(CCN2CCCC2)Cc2ccccc2)cc1Cl. The Morgan fingerprint density at radius 1 is 0.958 bits per heavy atom. The van der Waals surface area contributed by atoms with Crippen molar-refractivity contribution in [1.29, 1.82) is 0 Å². The van der Waals surface area contributed by atoms with E-state index in [-0.39, 0.29) is 5.75 Å². The molecule has 4 heteroatoms. The summed E-state index contributed by atoms with van der Waals surface area (Å²) in [6.45, 7) is 6.36. The zero-order chi connectivity index (χ0) is 16.8. The summed E-state index contributed by atoms with van der Waals surface area (Å²) in [6, 6.07) is 16.1. The summed E-state index contributed by atoms with van der Waals surface area (Å²) in [7, 11) is 0. The Hall–Kier alpha value is -1.55. The Morgan fingerprint density at radius 3 is 2.38 bits per heavy atom. The van der Waals surface area contributed by atoms with Gasteiger partial charge in [0.15, 0.2) is 0 Å². The van der Waals surface area contributed by atoms with Crippen LogP contribution >= 0.6 is 11.6 Å². The molecule has 0 unspecified atom stereocenters. The zero-order valence-electron chi connectivity index (χ0n) is 14.0. The Labute approximate surface area is 149 Å². The largest absolute Gasteiger partial charge is 0.506 e. The molecule has 0 atom stereocenters. The van der Waals surface area contributed by atoms with E-state index in [1.807, 2.05) is 12.1 Å². The van der Waals surface area contributed by atoms with Crippen LogP contribution in [-0.2, 0) is 13.1 Å². The fraction of sp³-hybridized carbons (Fsp3) is 0.400. The van der Waals surface area contributed by atoms with Crippen molar-refractivity contribution in [2.75, 3.05) is 26.2 Å². The molecule has 0 radical (unpaired) electrons. The minimum atomic E-state index is 0.145. The van der Waals surface area contributed by atoms with E-state index >= 15 is 0 Å². The van der Waals surface area contributed by atoms with E-state index in [1.54, 1.807) is 6.07 Å². The zero-order valence-corrected chi connectivity index (χ0v) is 14.8. The van der Waals surface area contributed by atoms with Crippen molar-refractivity contribution in [3.63, 3.8) is 0 Å². The monoisotopic (exact) mass is 344 g/mol. The number of nitrogens with zero attached hydrogens (tertiary/aromatic N) is 2. The predicted molar refractivity (Wildman–Crippen MR) is 99.3 cm³/mol. The summed E-state index contributed by atoms with van der Waals surface area (Å²) >= 11 is 6.06. The molecule has 0 amide bonds. The number of aromatic hydroxyl groups is 1. The maximum atomic E-state index is 9.61. The van der Waals surface area contributed by atoms with Crippen LogP contribution in [0.4, 0.5) is 0 Å². The van der Waals surface area contributed by atoms with Crippen molar-refractivity contribution in [1.82, 2.24) is 9.80 Å². The van der Waals surface area contributed by atoms with Gasteiger partial charge in [-0.3, -0.25) is 4.90 Å². The van der Waals surface area contributed by atoms with Crippen molar-refractivity contribution >= 4 is 11.6 Å². The first kappa shape index (κ1) is 17.3. The first-order chi connectivity index (χ1) is 11.7. The van der Waals surface area contributed by atoms with E-state index in [1.165, 1.54) is 31.5 Å². The van der Waals surface area contributed by atoms with Crippen LogP contribution in [0.3, 0.4) is 0 Å². The highest BCUT2D eigenvalue weighted by Crippen LogP contribution is 2.24. The van der Waals surface area contributed by atoms with Gasteiger partial charge in [0.25, 0.3) is 0 Å². The second-order valence-corrected chi connectivity index (χ2v) is 6.94. The van der Waals surface area contributed by atoms with E-state index in [0.717, 1.165) is 31.7 Å². The number of hydrogen-bond acceptors (Lipinski definition) is 3. The topological polar surface area (TPSA) is 26.7 Å². The number of benzene rings is 2. The van der Waals surface area contributed by atoms with Crippen LogP contribution in [0, 0.1) is 0 Å². The predicted octanol–water partition coefficient (Wildman–Crippen LogP) is 4.14. The Kier molecular flexibility index (Phi) is 6.13. The third-order valence-electron chi connectivity index (χ3n) is 4.60. The van der Waals surface area contributed by atoms with Gasteiger partial charge < -0.3 is 10.0 Å². The molecule has 24 heavy (non-hydrogen) atoms. The molecular weight excluding hydrogens is 320 g/mol. The van der Waals surface area contributed by atoms with Crippen LogP contribution in [0.5, 0.6) is 5.75 Å². The molecule has 3 nitrogen and oxygen atoms in total. The molecule has 1 aliphatic rings. The molecule has 0 saturated carbocycles. The van der Waals surface area contributed by atoms with Crippen molar-refractivity contribution in [3.05, 3.63) is 64.7 Å². The van der Waals surface area contributed by atoms with Crippen molar-refractivity contribution < 1.29 is 5.11 Å². The first-order valence-corrected chi connectivity index (χ1v) is 9.04. The Morgan fingerprint density at radius 2 is 1.67 bits per heavy atom. The average molecular weight is 345 g/mol. The third-order valence-corrected chi connectivity index (χ3v) is 4.90. The van der Waals surface area contributed by atoms with Crippen LogP contribution < -0.4 is 0 Å². The van der Waals surface area contributed by atoms with Gasteiger partial charge in [-0.05, 0) is 49.2 Å². The van der Waals surface area contributed by atoms with Crippen LogP contribution in [0.25, 0.3) is 0 Å². The summed E-state index contributed by atoms with van der Waals surface area (Å²) in [6.07, 6.45) is 2.65. The quantitative estimate of drug-likeness (QED) is 0.817. The van der Waals surface area contributed by atoms with Crippen LogP contribution in [0.15, 0.2) is 48.5 Å². The summed E-state index contributed by atoms with van der Waals surface area (Å²) in [5, 5.41) is 10.0. The number of phenols is 1. The normalized spacial score (nSPS) is 15.2. The van der Waals surface area contributed by atoms with E-state index in [9.17, 15) is 5.11 Å². The third kappa shape index (κ3) is 4.97. The molecule has 2 aromatic carbocycles. The van der Waals surface area contributed by atoms with Gasteiger partial charge in [0.05, 0.1) is 5.02 Å². The lowest BCUT2D eigenvalue weighted by Gasteiger charge is -2.25. The lowest BCUT2D eigenvalue weighted by Crippen LogP contribution is -2.33. The molecular formula is C20H25ClN2O. The molecule has 0 aliphatic carbocycles. The molecule has 0 spiro atoms. The minimum absolute atomic E-state index is 0.145. The van der Waals surface area contributed by atoms with E-state index in [2.05, 4.69) is 40.1 Å². The fourth-order valence-corrected chi connectivity index (χ4v) is 3.45. The summed E-state index contributed by atoms with van der Waals surface area (Å²) < 4.78 is 0. The van der Waals surface area contributed by atoms with Gasteiger partial charge in [-0.2, -0.15) is 0 Å². The Balaban J connectivity index is 1.66. The molecule has 1 aliphatic heterocycles. The summed E-state index contributed by atoms with van der Waals surface area (Å²) in [5.74, 6) is 0.145. The molecule has 1 N–H and O–H groups in total. The molecule has 0 bridgehead atoms. The smallest absolute Gasteiger partial charge is 0.134 e. The van der Waals surface area contributed by atoms with Crippen LogP contribution in [0.1, 0.15) is 24.0 Å². The van der Waals surface area contributed by atoms with Gasteiger partial charge in [-0.15, -0.1) is 0 Å². The highest BCUT2D eigenvalue weighted by Gasteiger charge is 2.14. The lowest BCUT2D eigenvalue weighted by atomic mass is 10.1. The van der Waals surface area contributed by atoms with E-state index < -0.39 is 0 Å². The van der Waals surface area contributed by atoms with Crippen molar-refractivity contribution in [2.45, 2.75) is 25.9 Å². The number of hydrogen-bond donors (Lipinski definition) is 1. The minimum Gasteiger partial charge on any atom is -0.506 e. The number of halogens is 1. The average Bonchev–Trinajstić information content (AvgIpc) is 3.10. The standard InChI is InChI=1S/C20H25ClN2O/c21-19-14-18(8-9-20(19)24)16-23(13-12-22-10-4-5-11-22)15-17-6-2-1-3-7-17/h1-3,6-9,14,24H,4-5,10-13,15-16H2. The van der Waals surface area contributed by atoms with E-state index in [0.29, 0.717) is 5.02 Å². The first-order valence-electron chi connectivity index (χ1n) is 8.67.